The fourth-order valence-electron chi connectivity index (χ4n) is 4.72. The molecule has 0 aliphatic carbocycles. The summed E-state index contributed by atoms with van der Waals surface area (Å²) in [5.41, 5.74) is 3.09. The molecule has 1 N–H and O–H groups in total. The van der Waals surface area contributed by atoms with Gasteiger partial charge < -0.3 is 14.4 Å². The molecule has 0 radical (unpaired) electrons. The van der Waals surface area contributed by atoms with Crippen molar-refractivity contribution in [2.75, 3.05) is 6.67 Å². The standard InChI is InChI=1S/C23H21FN2O4/c1-3-13-14-8-12(2)4-5-18(14)25-20-15(13)10-26-19(20)9-17-16(21(26)27)11-30-22(28)23(17,29)6-7-24/h4-5,8-9,29H,3,6-7,10-11H2,1-2H3/t23-/m0/s1. The normalized spacial score (nSPS) is 19.4. The summed E-state index contributed by atoms with van der Waals surface area (Å²) in [7, 11) is 0. The van der Waals surface area contributed by atoms with Crippen LogP contribution in [0, 0.1) is 6.92 Å². The van der Waals surface area contributed by atoms with Crippen LogP contribution in [0.25, 0.3) is 22.3 Å². The average molecular weight is 408 g/mol. The number of pyridine rings is 2. The first-order chi connectivity index (χ1) is 14.4. The fourth-order valence-corrected chi connectivity index (χ4v) is 4.72. The van der Waals surface area contributed by atoms with Gasteiger partial charge in [0.1, 0.15) is 6.61 Å². The topological polar surface area (TPSA) is 81.4 Å². The first-order valence-corrected chi connectivity index (χ1v) is 10.0. The van der Waals surface area contributed by atoms with Crippen molar-refractivity contribution in [1.29, 1.82) is 0 Å². The summed E-state index contributed by atoms with van der Waals surface area (Å²) in [4.78, 5) is 30.3. The summed E-state index contributed by atoms with van der Waals surface area (Å²) >= 11 is 0. The van der Waals surface area contributed by atoms with Gasteiger partial charge in [-0.1, -0.05) is 18.6 Å². The minimum atomic E-state index is -2.17. The Balaban J connectivity index is 1.81. The molecule has 0 bridgehead atoms. The Morgan fingerprint density at radius 3 is 2.80 bits per heavy atom. The maximum atomic E-state index is 13.3. The molecular weight excluding hydrogens is 387 g/mol. The van der Waals surface area contributed by atoms with E-state index in [4.69, 9.17) is 9.72 Å². The van der Waals surface area contributed by atoms with Crippen molar-refractivity contribution < 1.29 is 19.0 Å². The third-order valence-electron chi connectivity index (χ3n) is 6.26. The predicted octanol–water partition coefficient (Wildman–Crippen LogP) is 2.90. The molecule has 2 aliphatic rings. The number of hydrogen-bond acceptors (Lipinski definition) is 5. The summed E-state index contributed by atoms with van der Waals surface area (Å²) in [5, 5.41) is 12.0. The van der Waals surface area contributed by atoms with E-state index in [1.54, 1.807) is 10.6 Å². The number of rotatable bonds is 3. The summed E-state index contributed by atoms with van der Waals surface area (Å²) < 4.78 is 19.8. The van der Waals surface area contributed by atoms with Crippen molar-refractivity contribution >= 4 is 16.9 Å². The molecule has 0 spiro atoms. The van der Waals surface area contributed by atoms with Gasteiger partial charge >= 0.3 is 5.97 Å². The van der Waals surface area contributed by atoms with Crippen LogP contribution in [0.15, 0.2) is 29.1 Å². The van der Waals surface area contributed by atoms with Gasteiger partial charge in [-0.2, -0.15) is 0 Å². The van der Waals surface area contributed by atoms with E-state index in [-0.39, 0.29) is 23.3 Å². The third-order valence-corrected chi connectivity index (χ3v) is 6.26. The lowest BCUT2D eigenvalue weighted by atomic mass is 9.85. The van der Waals surface area contributed by atoms with Crippen LogP contribution in [0.5, 0.6) is 0 Å². The van der Waals surface area contributed by atoms with E-state index in [9.17, 15) is 19.1 Å². The summed E-state index contributed by atoms with van der Waals surface area (Å²) in [6, 6.07) is 7.67. The first kappa shape index (κ1) is 18.9. The van der Waals surface area contributed by atoms with Crippen molar-refractivity contribution in [1.82, 2.24) is 9.55 Å². The number of cyclic esters (lactones) is 1. The average Bonchev–Trinajstić information content (AvgIpc) is 3.09. The quantitative estimate of drug-likeness (QED) is 0.527. The van der Waals surface area contributed by atoms with Gasteiger partial charge in [0.25, 0.3) is 5.56 Å². The van der Waals surface area contributed by atoms with Gasteiger partial charge in [-0.3, -0.25) is 9.18 Å². The largest absolute Gasteiger partial charge is 0.458 e. The number of halogens is 1. The number of aliphatic hydroxyl groups is 1. The fraction of sp³-hybridized carbons (Fsp3) is 0.348. The molecular formula is C23H21FN2O4. The Bertz CT molecular complexity index is 1300. The van der Waals surface area contributed by atoms with Crippen LogP contribution in [0.1, 0.15) is 41.2 Å². The lowest BCUT2D eigenvalue weighted by Gasteiger charge is -2.31. The molecule has 5 rings (SSSR count). The number of carbonyl (C=O) groups excluding carboxylic acids is 1. The van der Waals surface area contributed by atoms with Crippen LogP contribution in [0.2, 0.25) is 0 Å². The Morgan fingerprint density at radius 1 is 1.27 bits per heavy atom. The number of nitrogens with zero attached hydrogens (tertiary/aromatic N) is 2. The van der Waals surface area contributed by atoms with Crippen LogP contribution in [-0.4, -0.2) is 27.3 Å². The molecule has 0 fully saturated rings. The number of ether oxygens (including phenoxy) is 1. The van der Waals surface area contributed by atoms with E-state index in [1.807, 2.05) is 19.1 Å². The highest BCUT2D eigenvalue weighted by molar-refractivity contribution is 5.89. The van der Waals surface area contributed by atoms with Crippen LogP contribution >= 0.6 is 0 Å². The Kier molecular flexibility index (Phi) is 4.08. The van der Waals surface area contributed by atoms with E-state index in [2.05, 4.69) is 13.0 Å². The highest BCUT2D eigenvalue weighted by Crippen LogP contribution is 2.40. The van der Waals surface area contributed by atoms with Crippen molar-refractivity contribution in [2.24, 2.45) is 0 Å². The van der Waals surface area contributed by atoms with E-state index < -0.39 is 24.7 Å². The maximum absolute atomic E-state index is 13.3. The number of esters is 1. The number of fused-ring (bicyclic) bond motifs is 5. The summed E-state index contributed by atoms with van der Waals surface area (Å²) in [6.45, 7) is 3.32. The number of carbonyl (C=O) groups is 1. The van der Waals surface area contributed by atoms with E-state index in [0.29, 0.717) is 17.9 Å². The molecule has 30 heavy (non-hydrogen) atoms. The zero-order valence-electron chi connectivity index (χ0n) is 16.8. The SMILES string of the molecule is CCc1c2c(nc3ccc(C)cc13)-c1cc3c(c(=O)n1C2)COC(=O)[C@]3(O)CCF. The Morgan fingerprint density at radius 2 is 2.07 bits per heavy atom. The van der Waals surface area contributed by atoms with Gasteiger partial charge in [0.15, 0.2) is 5.60 Å². The third kappa shape index (κ3) is 2.41. The monoisotopic (exact) mass is 408 g/mol. The van der Waals surface area contributed by atoms with Crippen molar-refractivity contribution in [3.05, 3.63) is 62.4 Å². The molecule has 3 aromatic rings. The van der Waals surface area contributed by atoms with Gasteiger partial charge in [-0.15, -0.1) is 0 Å². The molecule has 0 unspecified atom stereocenters. The molecule has 7 heteroatoms. The molecule has 0 amide bonds. The summed E-state index contributed by atoms with van der Waals surface area (Å²) in [5.74, 6) is -0.925. The zero-order valence-corrected chi connectivity index (χ0v) is 16.8. The van der Waals surface area contributed by atoms with Crippen LogP contribution < -0.4 is 5.56 Å². The highest BCUT2D eigenvalue weighted by Gasteiger charge is 2.46. The number of aryl methyl sites for hydroxylation is 2. The molecule has 2 aromatic heterocycles. The number of hydrogen-bond donors (Lipinski definition) is 1. The van der Waals surface area contributed by atoms with E-state index in [0.717, 1.165) is 34.0 Å². The van der Waals surface area contributed by atoms with E-state index >= 15 is 0 Å². The Hall–Kier alpha value is -3.06. The second-order valence-corrected chi connectivity index (χ2v) is 7.98. The van der Waals surface area contributed by atoms with Crippen molar-refractivity contribution in [3.8, 4) is 11.4 Å². The van der Waals surface area contributed by atoms with Crippen molar-refractivity contribution in [3.63, 3.8) is 0 Å². The summed E-state index contributed by atoms with van der Waals surface area (Å²) in [6.07, 6.45) is 0.319. The van der Waals surface area contributed by atoms with Gasteiger partial charge in [0.05, 0.1) is 35.7 Å². The van der Waals surface area contributed by atoms with E-state index in [1.165, 1.54) is 0 Å². The Labute approximate surface area is 171 Å². The predicted molar refractivity (Wildman–Crippen MR) is 109 cm³/mol. The van der Waals surface area contributed by atoms with Crippen LogP contribution in [0.4, 0.5) is 4.39 Å². The lowest BCUT2D eigenvalue weighted by molar-refractivity contribution is -0.173. The minimum absolute atomic E-state index is 0.129. The molecule has 2 aliphatic heterocycles. The van der Waals surface area contributed by atoms with Gasteiger partial charge in [-0.05, 0) is 37.1 Å². The molecule has 1 atom stereocenters. The van der Waals surface area contributed by atoms with Crippen LogP contribution in [0.3, 0.4) is 0 Å². The first-order valence-electron chi connectivity index (χ1n) is 10.0. The molecule has 4 heterocycles. The maximum Gasteiger partial charge on any atom is 0.343 e. The molecule has 0 saturated heterocycles. The lowest BCUT2D eigenvalue weighted by Crippen LogP contribution is -2.45. The van der Waals surface area contributed by atoms with Gasteiger partial charge in [0, 0.05) is 22.9 Å². The van der Waals surface area contributed by atoms with Crippen LogP contribution in [-0.2, 0) is 34.7 Å². The second kappa shape index (κ2) is 6.47. The van der Waals surface area contributed by atoms with Gasteiger partial charge in [-0.25, -0.2) is 9.78 Å². The molecule has 0 saturated carbocycles. The van der Waals surface area contributed by atoms with Crippen molar-refractivity contribution in [2.45, 2.75) is 45.4 Å². The number of alkyl halides is 1. The molecule has 154 valence electrons. The second-order valence-electron chi connectivity index (χ2n) is 7.98. The zero-order chi connectivity index (χ0) is 21.2. The molecule has 1 aromatic carbocycles. The smallest absolute Gasteiger partial charge is 0.343 e. The minimum Gasteiger partial charge on any atom is -0.458 e. The molecule has 6 nitrogen and oxygen atoms in total. The highest BCUT2D eigenvalue weighted by atomic mass is 19.1. The van der Waals surface area contributed by atoms with Gasteiger partial charge in [0.2, 0.25) is 0 Å². The number of aromatic nitrogens is 2. The number of benzene rings is 1.